The third kappa shape index (κ3) is 2.78. The summed E-state index contributed by atoms with van der Waals surface area (Å²) in [4.78, 5) is 8.26. The van der Waals surface area contributed by atoms with Gasteiger partial charge in [-0.15, -0.1) is 11.3 Å². The minimum absolute atomic E-state index is 0.346. The van der Waals surface area contributed by atoms with E-state index in [1.807, 2.05) is 0 Å². The van der Waals surface area contributed by atoms with E-state index in [-0.39, 0.29) is 0 Å². The average molecular weight is 255 g/mol. The fraction of sp³-hybridized carbons (Fsp3) is 0.750. The van der Waals surface area contributed by atoms with Gasteiger partial charge in [-0.3, -0.25) is 0 Å². The number of hydrogen-bond donors (Lipinski definition) is 1. The van der Waals surface area contributed by atoms with Crippen LogP contribution in [-0.2, 0) is 17.7 Å². The maximum absolute atomic E-state index is 5.75. The molecular formula is C12H21N3OS. The highest BCUT2D eigenvalue weighted by atomic mass is 32.1. The van der Waals surface area contributed by atoms with Crippen molar-refractivity contribution in [3.63, 3.8) is 0 Å². The molecule has 4 nitrogen and oxygen atoms in total. The Balaban J connectivity index is 2.13. The predicted molar refractivity (Wildman–Crippen MR) is 71.6 cm³/mol. The van der Waals surface area contributed by atoms with Gasteiger partial charge in [-0.25, -0.2) is 4.98 Å². The minimum atomic E-state index is 0.346. The van der Waals surface area contributed by atoms with Gasteiger partial charge in [0, 0.05) is 31.6 Å². The molecule has 0 bridgehead atoms. The third-order valence-electron chi connectivity index (χ3n) is 3.27. The molecule has 0 amide bonds. The number of nitrogens with zero attached hydrogens (tertiary/aromatic N) is 2. The molecule has 0 aromatic carbocycles. The summed E-state index contributed by atoms with van der Waals surface area (Å²) in [6.07, 6.45) is 3.64. The lowest BCUT2D eigenvalue weighted by Gasteiger charge is -2.31. The van der Waals surface area contributed by atoms with Crippen LogP contribution >= 0.6 is 11.3 Å². The van der Waals surface area contributed by atoms with Crippen molar-refractivity contribution in [2.24, 2.45) is 5.73 Å². The van der Waals surface area contributed by atoms with E-state index in [2.05, 4.69) is 11.8 Å². The maximum atomic E-state index is 5.75. The molecule has 1 aliphatic rings. The van der Waals surface area contributed by atoms with Crippen LogP contribution in [0.3, 0.4) is 0 Å². The van der Waals surface area contributed by atoms with Crippen molar-refractivity contribution in [1.29, 1.82) is 0 Å². The summed E-state index contributed by atoms with van der Waals surface area (Å²) in [5, 5.41) is 1.11. The zero-order chi connectivity index (χ0) is 12.3. The molecule has 1 fully saturated rings. The lowest BCUT2D eigenvalue weighted by atomic mass is 10.1. The van der Waals surface area contributed by atoms with Crippen molar-refractivity contribution in [1.82, 2.24) is 4.98 Å². The van der Waals surface area contributed by atoms with Crippen LogP contribution in [0.15, 0.2) is 0 Å². The first kappa shape index (κ1) is 12.8. The summed E-state index contributed by atoms with van der Waals surface area (Å²) in [6, 6.07) is 0. The lowest BCUT2D eigenvalue weighted by Crippen LogP contribution is -2.39. The molecule has 96 valence electrons. The zero-order valence-electron chi connectivity index (χ0n) is 10.6. The number of thiazole rings is 1. The highest BCUT2D eigenvalue weighted by molar-refractivity contribution is 7.15. The van der Waals surface area contributed by atoms with E-state index >= 15 is 0 Å². The van der Waals surface area contributed by atoms with Gasteiger partial charge >= 0.3 is 0 Å². The number of piperidine rings is 1. The van der Waals surface area contributed by atoms with Crippen LogP contribution in [0, 0.1) is 0 Å². The van der Waals surface area contributed by atoms with Crippen LogP contribution in [0.5, 0.6) is 0 Å². The number of aryl methyl sites for hydroxylation is 1. The van der Waals surface area contributed by atoms with E-state index in [0.717, 1.165) is 36.8 Å². The normalized spacial score (nSPS) is 20.9. The summed E-state index contributed by atoms with van der Waals surface area (Å²) < 4.78 is 5.44. The minimum Gasteiger partial charge on any atom is -0.380 e. The van der Waals surface area contributed by atoms with Crippen LogP contribution in [0.2, 0.25) is 0 Å². The first-order valence-electron chi connectivity index (χ1n) is 6.24. The maximum Gasteiger partial charge on any atom is 0.185 e. The Kier molecular flexibility index (Phi) is 4.36. The van der Waals surface area contributed by atoms with Crippen LogP contribution in [0.4, 0.5) is 5.13 Å². The molecule has 1 unspecified atom stereocenters. The first-order chi connectivity index (χ1) is 8.28. The average Bonchev–Trinajstić information content (AvgIpc) is 2.82. The molecule has 1 saturated heterocycles. The SMILES string of the molecule is CCc1nc(N2CCCC(OC)C2)sc1CN. The van der Waals surface area contributed by atoms with E-state index < -0.39 is 0 Å². The molecule has 0 aliphatic carbocycles. The smallest absolute Gasteiger partial charge is 0.185 e. The lowest BCUT2D eigenvalue weighted by molar-refractivity contribution is 0.0893. The Hall–Kier alpha value is -0.650. The van der Waals surface area contributed by atoms with Crippen LogP contribution < -0.4 is 10.6 Å². The topological polar surface area (TPSA) is 51.4 Å². The van der Waals surface area contributed by atoms with Gasteiger partial charge in [-0.1, -0.05) is 6.92 Å². The summed E-state index contributed by atoms with van der Waals surface area (Å²) in [7, 11) is 1.79. The van der Waals surface area contributed by atoms with E-state index in [9.17, 15) is 0 Å². The van der Waals surface area contributed by atoms with E-state index in [0.29, 0.717) is 12.6 Å². The van der Waals surface area contributed by atoms with E-state index in [1.54, 1.807) is 18.4 Å². The molecule has 0 saturated carbocycles. The Morgan fingerprint density at radius 3 is 3.00 bits per heavy atom. The molecule has 2 rings (SSSR count). The Morgan fingerprint density at radius 2 is 2.41 bits per heavy atom. The van der Waals surface area contributed by atoms with Crippen molar-refractivity contribution >= 4 is 16.5 Å². The molecule has 0 spiro atoms. The van der Waals surface area contributed by atoms with Gasteiger partial charge in [0.05, 0.1) is 11.8 Å². The molecule has 2 heterocycles. The highest BCUT2D eigenvalue weighted by Crippen LogP contribution is 2.29. The van der Waals surface area contributed by atoms with Crippen molar-refractivity contribution in [2.45, 2.75) is 38.8 Å². The molecule has 1 atom stereocenters. The third-order valence-corrected chi connectivity index (χ3v) is 4.45. The first-order valence-corrected chi connectivity index (χ1v) is 7.06. The van der Waals surface area contributed by atoms with Gasteiger partial charge in [0.1, 0.15) is 0 Å². The second-order valence-electron chi connectivity index (χ2n) is 4.37. The van der Waals surface area contributed by atoms with Gasteiger partial charge in [0.15, 0.2) is 5.13 Å². The van der Waals surface area contributed by atoms with Crippen molar-refractivity contribution in [3.05, 3.63) is 10.6 Å². The van der Waals surface area contributed by atoms with Gasteiger partial charge < -0.3 is 15.4 Å². The van der Waals surface area contributed by atoms with Crippen molar-refractivity contribution in [3.8, 4) is 0 Å². The number of ether oxygens (including phenoxy) is 1. The number of nitrogens with two attached hydrogens (primary N) is 1. The quantitative estimate of drug-likeness (QED) is 0.891. The molecule has 1 aromatic heterocycles. The number of rotatable bonds is 4. The Bertz CT molecular complexity index is 345. The Labute approximate surface area is 107 Å². The largest absolute Gasteiger partial charge is 0.380 e. The second-order valence-corrected chi connectivity index (χ2v) is 5.43. The highest BCUT2D eigenvalue weighted by Gasteiger charge is 2.22. The standard InChI is InChI=1S/C12H21N3OS/c1-3-10-11(7-13)17-12(14-10)15-6-4-5-9(8-15)16-2/h9H,3-8,13H2,1-2H3. The van der Waals surface area contributed by atoms with Crippen molar-refractivity contribution < 1.29 is 4.74 Å². The molecule has 17 heavy (non-hydrogen) atoms. The summed E-state index contributed by atoms with van der Waals surface area (Å²) in [5.41, 5.74) is 6.91. The van der Waals surface area contributed by atoms with Gasteiger partial charge in [-0.2, -0.15) is 0 Å². The fourth-order valence-corrected chi connectivity index (χ4v) is 3.31. The van der Waals surface area contributed by atoms with Gasteiger partial charge in [0.2, 0.25) is 0 Å². The fourth-order valence-electron chi connectivity index (χ4n) is 2.25. The monoisotopic (exact) mass is 255 g/mol. The number of anilines is 1. The Morgan fingerprint density at radius 1 is 1.59 bits per heavy atom. The molecule has 1 aromatic rings. The molecule has 5 heteroatoms. The van der Waals surface area contributed by atoms with Gasteiger partial charge in [0.25, 0.3) is 0 Å². The number of hydrogen-bond acceptors (Lipinski definition) is 5. The second kappa shape index (κ2) is 5.80. The summed E-state index contributed by atoms with van der Waals surface area (Å²) in [6.45, 7) is 4.77. The van der Waals surface area contributed by atoms with E-state index in [1.165, 1.54) is 11.3 Å². The summed E-state index contributed by atoms with van der Waals surface area (Å²) >= 11 is 1.74. The molecular weight excluding hydrogens is 234 g/mol. The van der Waals surface area contributed by atoms with Crippen LogP contribution in [-0.4, -0.2) is 31.3 Å². The molecule has 1 aliphatic heterocycles. The van der Waals surface area contributed by atoms with Crippen LogP contribution in [0.1, 0.15) is 30.3 Å². The zero-order valence-corrected chi connectivity index (χ0v) is 11.4. The van der Waals surface area contributed by atoms with Gasteiger partial charge in [-0.05, 0) is 19.3 Å². The van der Waals surface area contributed by atoms with Crippen molar-refractivity contribution in [2.75, 3.05) is 25.1 Å². The molecule has 0 radical (unpaired) electrons. The van der Waals surface area contributed by atoms with Crippen LogP contribution in [0.25, 0.3) is 0 Å². The predicted octanol–water partition coefficient (Wildman–Crippen LogP) is 1.78. The number of methoxy groups -OCH3 is 1. The molecule has 2 N–H and O–H groups in total. The number of aromatic nitrogens is 1. The van der Waals surface area contributed by atoms with E-state index in [4.69, 9.17) is 15.5 Å². The summed E-state index contributed by atoms with van der Waals surface area (Å²) in [5.74, 6) is 0.